The van der Waals surface area contributed by atoms with Crippen LogP contribution in [0.5, 0.6) is 0 Å². The molecule has 2 aliphatic rings. The van der Waals surface area contributed by atoms with E-state index in [1.807, 2.05) is 11.8 Å². The summed E-state index contributed by atoms with van der Waals surface area (Å²) in [6.45, 7) is 7.67. The number of nitrogens with zero attached hydrogens (tertiary/aromatic N) is 1. The molecule has 3 amide bonds. The average Bonchev–Trinajstić information content (AvgIpc) is 2.63. The van der Waals surface area contributed by atoms with Gasteiger partial charge in [0.1, 0.15) is 0 Å². The molecule has 2 rings (SSSR count). The van der Waals surface area contributed by atoms with Gasteiger partial charge in [0, 0.05) is 44.8 Å². The molecule has 0 atom stereocenters. The zero-order valence-electron chi connectivity index (χ0n) is 15.9. The Hall–Kier alpha value is -1.30. The molecule has 0 aromatic heterocycles. The zero-order valence-corrected chi connectivity index (χ0v) is 15.9. The van der Waals surface area contributed by atoms with Crippen LogP contribution < -0.4 is 10.6 Å². The van der Waals surface area contributed by atoms with Gasteiger partial charge < -0.3 is 20.3 Å². The molecule has 144 valence electrons. The van der Waals surface area contributed by atoms with Gasteiger partial charge >= 0.3 is 6.03 Å². The summed E-state index contributed by atoms with van der Waals surface area (Å²) >= 11 is 0. The third kappa shape index (κ3) is 6.84. The second-order valence-corrected chi connectivity index (χ2v) is 7.51. The first kappa shape index (κ1) is 20.0. The number of hydrogen-bond donors (Lipinski definition) is 2. The molecule has 1 heterocycles. The highest BCUT2D eigenvalue weighted by Crippen LogP contribution is 2.24. The zero-order chi connectivity index (χ0) is 18.1. The molecule has 0 spiro atoms. The maximum atomic E-state index is 12.4. The van der Waals surface area contributed by atoms with Crippen LogP contribution in [0.25, 0.3) is 0 Å². The lowest BCUT2D eigenvalue weighted by Crippen LogP contribution is -2.50. The van der Waals surface area contributed by atoms with Crippen molar-refractivity contribution in [2.24, 2.45) is 11.8 Å². The number of carbonyl (C=O) groups excluding carboxylic acids is 2. The Morgan fingerprint density at radius 1 is 1.08 bits per heavy atom. The number of piperidine rings is 1. The van der Waals surface area contributed by atoms with E-state index >= 15 is 0 Å². The van der Waals surface area contributed by atoms with Gasteiger partial charge in [-0.05, 0) is 57.8 Å². The summed E-state index contributed by atoms with van der Waals surface area (Å²) < 4.78 is 5.27. The number of likely N-dealkylation sites (tertiary alicyclic amines) is 1. The lowest BCUT2D eigenvalue weighted by Gasteiger charge is -2.34. The van der Waals surface area contributed by atoms with E-state index in [0.29, 0.717) is 38.9 Å². The number of nitrogens with one attached hydrogen (secondary N) is 2. The maximum absolute atomic E-state index is 12.4. The van der Waals surface area contributed by atoms with E-state index in [0.717, 1.165) is 38.0 Å². The van der Waals surface area contributed by atoms with Crippen LogP contribution in [0.3, 0.4) is 0 Å². The average molecular weight is 354 g/mol. The summed E-state index contributed by atoms with van der Waals surface area (Å²) in [6.07, 6.45) is 6.95. The highest BCUT2D eigenvalue weighted by Gasteiger charge is 2.28. The molecule has 0 bridgehead atoms. The van der Waals surface area contributed by atoms with Gasteiger partial charge in [-0.1, -0.05) is 6.92 Å². The summed E-state index contributed by atoms with van der Waals surface area (Å²) in [4.78, 5) is 26.5. The van der Waals surface area contributed by atoms with Gasteiger partial charge in [0.05, 0.1) is 0 Å². The largest absolute Gasteiger partial charge is 0.382 e. The predicted molar refractivity (Wildman–Crippen MR) is 98.4 cm³/mol. The quantitative estimate of drug-likeness (QED) is 0.691. The van der Waals surface area contributed by atoms with E-state index < -0.39 is 0 Å². The number of amides is 3. The van der Waals surface area contributed by atoms with Crippen molar-refractivity contribution < 1.29 is 14.3 Å². The van der Waals surface area contributed by atoms with Crippen LogP contribution in [0.4, 0.5) is 4.79 Å². The monoisotopic (exact) mass is 353 g/mol. The molecule has 2 N–H and O–H groups in total. The number of carbonyl (C=O) groups is 2. The van der Waals surface area contributed by atoms with Gasteiger partial charge in [0.25, 0.3) is 0 Å². The minimum atomic E-state index is 0.0340. The number of urea groups is 1. The Kier molecular flexibility index (Phi) is 8.52. The van der Waals surface area contributed by atoms with Crippen LogP contribution in [0.1, 0.15) is 58.8 Å². The molecule has 1 saturated heterocycles. The molecular formula is C19H35N3O3. The van der Waals surface area contributed by atoms with E-state index in [9.17, 15) is 9.59 Å². The van der Waals surface area contributed by atoms with Gasteiger partial charge in [-0.3, -0.25) is 4.79 Å². The molecular weight excluding hydrogens is 318 g/mol. The van der Waals surface area contributed by atoms with Gasteiger partial charge in [0.15, 0.2) is 0 Å². The van der Waals surface area contributed by atoms with Crippen LogP contribution in [-0.2, 0) is 9.53 Å². The Labute approximate surface area is 152 Å². The predicted octanol–water partition coefficient (Wildman–Crippen LogP) is 2.53. The lowest BCUT2D eigenvalue weighted by atomic mass is 9.87. The lowest BCUT2D eigenvalue weighted by molar-refractivity contribution is -0.126. The van der Waals surface area contributed by atoms with Crippen LogP contribution in [0.2, 0.25) is 0 Å². The van der Waals surface area contributed by atoms with Gasteiger partial charge in [0.2, 0.25) is 5.91 Å². The van der Waals surface area contributed by atoms with E-state index in [1.54, 1.807) is 0 Å². The third-order valence-corrected chi connectivity index (χ3v) is 5.47. The first-order valence-corrected chi connectivity index (χ1v) is 10.0. The topological polar surface area (TPSA) is 70.7 Å². The normalized spacial score (nSPS) is 24.8. The molecule has 0 aromatic carbocycles. The van der Waals surface area contributed by atoms with Crippen LogP contribution >= 0.6 is 0 Å². The molecule has 2 fully saturated rings. The van der Waals surface area contributed by atoms with Crippen molar-refractivity contribution in [1.82, 2.24) is 15.5 Å². The van der Waals surface area contributed by atoms with Gasteiger partial charge in [-0.2, -0.15) is 0 Å². The van der Waals surface area contributed by atoms with Crippen molar-refractivity contribution in [3.8, 4) is 0 Å². The highest BCUT2D eigenvalue weighted by atomic mass is 16.5. The molecule has 1 aliphatic carbocycles. The SMILES string of the molecule is CCOCCCNC(=O)C1CCN(C(=O)NC2CCC(C)CC2)CC1. The smallest absolute Gasteiger partial charge is 0.317 e. The summed E-state index contributed by atoms with van der Waals surface area (Å²) in [7, 11) is 0. The minimum absolute atomic E-state index is 0.0340. The molecule has 1 saturated carbocycles. The third-order valence-electron chi connectivity index (χ3n) is 5.47. The summed E-state index contributed by atoms with van der Waals surface area (Å²) in [5.41, 5.74) is 0. The standard InChI is InChI=1S/C19H35N3O3/c1-3-25-14-4-11-20-18(23)16-9-12-22(13-10-16)19(24)21-17-7-5-15(2)6-8-17/h15-17H,3-14H2,1-2H3,(H,20,23)(H,21,24). The summed E-state index contributed by atoms with van der Waals surface area (Å²) in [6, 6.07) is 0.380. The molecule has 0 unspecified atom stereocenters. The molecule has 1 aliphatic heterocycles. The number of ether oxygens (including phenoxy) is 1. The first-order chi connectivity index (χ1) is 12.1. The maximum Gasteiger partial charge on any atom is 0.317 e. The first-order valence-electron chi connectivity index (χ1n) is 10.0. The van der Waals surface area contributed by atoms with Crippen LogP contribution in [-0.4, -0.2) is 55.7 Å². The molecule has 0 aromatic rings. The van der Waals surface area contributed by atoms with E-state index in [-0.39, 0.29) is 17.9 Å². The molecule has 6 heteroatoms. The van der Waals surface area contributed by atoms with Crippen molar-refractivity contribution in [1.29, 1.82) is 0 Å². The molecule has 0 radical (unpaired) electrons. The Morgan fingerprint density at radius 2 is 1.76 bits per heavy atom. The van der Waals surface area contributed by atoms with Crippen LogP contribution in [0.15, 0.2) is 0 Å². The van der Waals surface area contributed by atoms with E-state index in [2.05, 4.69) is 17.6 Å². The Bertz CT molecular complexity index is 414. The Morgan fingerprint density at radius 3 is 2.40 bits per heavy atom. The number of rotatable bonds is 7. The molecule has 6 nitrogen and oxygen atoms in total. The fraction of sp³-hybridized carbons (Fsp3) is 0.895. The number of hydrogen-bond acceptors (Lipinski definition) is 3. The Balaban J connectivity index is 1.61. The van der Waals surface area contributed by atoms with Crippen LogP contribution in [0, 0.1) is 11.8 Å². The van der Waals surface area contributed by atoms with Crippen molar-refractivity contribution in [2.45, 2.75) is 64.8 Å². The van der Waals surface area contributed by atoms with Gasteiger partial charge in [-0.25, -0.2) is 4.79 Å². The minimum Gasteiger partial charge on any atom is -0.382 e. The van der Waals surface area contributed by atoms with Crippen molar-refractivity contribution in [3.05, 3.63) is 0 Å². The summed E-state index contributed by atoms with van der Waals surface area (Å²) in [5.74, 6) is 0.945. The van der Waals surface area contributed by atoms with Gasteiger partial charge in [-0.15, -0.1) is 0 Å². The van der Waals surface area contributed by atoms with Crippen molar-refractivity contribution in [3.63, 3.8) is 0 Å². The molecule has 25 heavy (non-hydrogen) atoms. The second-order valence-electron chi connectivity index (χ2n) is 7.51. The van der Waals surface area contributed by atoms with E-state index in [1.165, 1.54) is 12.8 Å². The second kappa shape index (κ2) is 10.6. The highest BCUT2D eigenvalue weighted by molar-refractivity contribution is 5.79. The fourth-order valence-corrected chi connectivity index (χ4v) is 3.69. The van der Waals surface area contributed by atoms with Crippen molar-refractivity contribution >= 4 is 11.9 Å². The van der Waals surface area contributed by atoms with E-state index in [4.69, 9.17) is 4.74 Å². The fourth-order valence-electron chi connectivity index (χ4n) is 3.69. The summed E-state index contributed by atoms with van der Waals surface area (Å²) in [5, 5.41) is 6.17. The van der Waals surface area contributed by atoms with Crippen molar-refractivity contribution in [2.75, 3.05) is 32.8 Å².